The molecule has 2 aliphatic heterocycles. The zero-order valence-corrected chi connectivity index (χ0v) is 24.2. The molecule has 202 valence electrons. The van der Waals surface area contributed by atoms with Gasteiger partial charge in [-0.2, -0.15) is 0 Å². The maximum atomic E-state index is 13.9. The van der Waals surface area contributed by atoms with E-state index in [0.717, 1.165) is 33.1 Å². The molecule has 40 heavy (non-hydrogen) atoms. The number of nitrogens with zero attached hydrogens (tertiary/aromatic N) is 2. The number of imide groups is 1. The molecule has 6 rings (SSSR count). The number of carbonyl (C=O) groups excluding carboxylic acids is 3. The third kappa shape index (κ3) is 4.71. The lowest BCUT2D eigenvalue weighted by Gasteiger charge is -2.30. The van der Waals surface area contributed by atoms with Gasteiger partial charge < -0.3 is 5.32 Å². The van der Waals surface area contributed by atoms with E-state index >= 15 is 0 Å². The number of hydrogen-bond acceptors (Lipinski definition) is 6. The molecule has 0 bridgehead atoms. The van der Waals surface area contributed by atoms with E-state index in [1.54, 1.807) is 48.5 Å². The smallest absolute Gasteiger partial charge is 0.308 e. The van der Waals surface area contributed by atoms with Gasteiger partial charge in [-0.25, -0.2) is 9.29 Å². The largest absolute Gasteiger partial charge is 0.325 e. The average Bonchev–Trinajstić information content (AvgIpc) is 3.37. The second-order valence-corrected chi connectivity index (χ2v) is 12.7. The Morgan fingerprint density at radius 1 is 0.950 bits per heavy atom. The fraction of sp³-hybridized carbons (Fsp3) is 0.172. The normalized spacial score (nSPS) is 19.9. The number of thioether (sulfide) groups is 1. The standard InChI is InChI=1S/C29H21BrFN3O4S2/c1-15-2-10-19(11-3-15)32-21(35)14-33-28-25(40-29(33)38)22(16-4-8-18(31)9-5-16)23-24(39-28)27(37)34(26(23)36)20-12-6-17(30)7-13-20/h2-13,22-24H,14H2,1H3,(H,32,35)/t22-,23-,24+/m0/s1. The highest BCUT2D eigenvalue weighted by atomic mass is 79.9. The van der Waals surface area contributed by atoms with Crippen LogP contribution in [-0.4, -0.2) is 27.5 Å². The second-order valence-electron chi connectivity index (χ2n) is 9.62. The van der Waals surface area contributed by atoms with Crippen molar-refractivity contribution in [3.05, 3.63) is 109 Å². The number of amides is 3. The molecule has 3 amide bonds. The molecule has 3 heterocycles. The van der Waals surface area contributed by atoms with E-state index in [4.69, 9.17) is 0 Å². The molecule has 0 radical (unpaired) electrons. The Hall–Kier alpha value is -3.54. The lowest BCUT2D eigenvalue weighted by atomic mass is 9.83. The van der Waals surface area contributed by atoms with E-state index in [-0.39, 0.29) is 17.3 Å². The van der Waals surface area contributed by atoms with Crippen molar-refractivity contribution >= 4 is 68.1 Å². The molecular weight excluding hydrogens is 617 g/mol. The highest BCUT2D eigenvalue weighted by Crippen LogP contribution is 2.53. The number of halogens is 2. The van der Waals surface area contributed by atoms with E-state index < -0.39 is 34.7 Å². The third-order valence-electron chi connectivity index (χ3n) is 7.00. The molecule has 0 saturated carbocycles. The molecule has 1 saturated heterocycles. The monoisotopic (exact) mass is 637 g/mol. The van der Waals surface area contributed by atoms with Gasteiger partial charge in [-0.1, -0.05) is 68.9 Å². The van der Waals surface area contributed by atoms with Crippen molar-refractivity contribution in [2.75, 3.05) is 10.2 Å². The molecule has 0 unspecified atom stereocenters. The minimum atomic E-state index is -0.820. The summed E-state index contributed by atoms with van der Waals surface area (Å²) >= 11 is 5.47. The molecule has 3 aromatic carbocycles. The first kappa shape index (κ1) is 26.7. The van der Waals surface area contributed by atoms with Crippen molar-refractivity contribution in [1.82, 2.24) is 4.57 Å². The van der Waals surface area contributed by atoms with Gasteiger partial charge in [0.25, 0.3) is 0 Å². The van der Waals surface area contributed by atoms with Crippen LogP contribution < -0.4 is 15.1 Å². The van der Waals surface area contributed by atoms with Crippen LogP contribution in [0.1, 0.15) is 21.9 Å². The van der Waals surface area contributed by atoms with Crippen molar-refractivity contribution in [3.8, 4) is 0 Å². The van der Waals surface area contributed by atoms with E-state index in [2.05, 4.69) is 21.2 Å². The van der Waals surface area contributed by atoms with Crippen LogP contribution in [0.5, 0.6) is 0 Å². The average molecular weight is 639 g/mol. The first-order valence-electron chi connectivity index (χ1n) is 12.4. The summed E-state index contributed by atoms with van der Waals surface area (Å²) < 4.78 is 16.0. The van der Waals surface area contributed by atoms with Gasteiger partial charge in [-0.3, -0.25) is 23.7 Å². The van der Waals surface area contributed by atoms with E-state index in [1.165, 1.54) is 21.6 Å². The SMILES string of the molecule is Cc1ccc(NC(=O)Cn2c3c(sc2=O)[C@@H](c2ccc(F)cc2)[C@@H]2C(=O)N(c4ccc(Br)cc4)C(=O)[C@@H]2S3)cc1. The number of aromatic nitrogens is 1. The number of carbonyl (C=O) groups is 3. The van der Waals surface area contributed by atoms with Crippen LogP contribution in [0.3, 0.4) is 0 Å². The van der Waals surface area contributed by atoms with Crippen LogP contribution in [0.4, 0.5) is 15.8 Å². The predicted molar refractivity (Wildman–Crippen MR) is 156 cm³/mol. The first-order chi connectivity index (χ1) is 19.2. The van der Waals surface area contributed by atoms with Gasteiger partial charge in [0.1, 0.15) is 17.6 Å². The van der Waals surface area contributed by atoms with Crippen molar-refractivity contribution in [2.24, 2.45) is 5.92 Å². The summed E-state index contributed by atoms with van der Waals surface area (Å²) in [6, 6.07) is 20.0. The number of fused-ring (bicyclic) bond motifs is 2. The zero-order valence-electron chi connectivity index (χ0n) is 21.0. The maximum Gasteiger partial charge on any atom is 0.308 e. The van der Waals surface area contributed by atoms with E-state index in [0.29, 0.717) is 26.8 Å². The molecule has 1 aromatic heterocycles. The Morgan fingerprint density at radius 3 is 2.30 bits per heavy atom. The fourth-order valence-electron chi connectivity index (χ4n) is 5.11. The summed E-state index contributed by atoms with van der Waals surface area (Å²) in [5.74, 6) is -3.05. The summed E-state index contributed by atoms with van der Waals surface area (Å²) in [5.41, 5.74) is 2.72. The van der Waals surface area contributed by atoms with Gasteiger partial charge in [0.15, 0.2) is 0 Å². The van der Waals surface area contributed by atoms with Crippen molar-refractivity contribution in [1.29, 1.82) is 0 Å². The number of hydrogen-bond donors (Lipinski definition) is 1. The number of aryl methyl sites for hydroxylation is 1. The third-order valence-corrected chi connectivity index (χ3v) is 10.1. The quantitative estimate of drug-likeness (QED) is 0.290. The lowest BCUT2D eigenvalue weighted by Crippen LogP contribution is -2.33. The van der Waals surface area contributed by atoms with Crippen LogP contribution in [0, 0.1) is 18.7 Å². The minimum absolute atomic E-state index is 0.252. The van der Waals surface area contributed by atoms with E-state index in [9.17, 15) is 23.6 Å². The Morgan fingerprint density at radius 2 is 1.62 bits per heavy atom. The molecule has 7 nitrogen and oxygen atoms in total. The maximum absolute atomic E-state index is 13.9. The summed E-state index contributed by atoms with van der Waals surface area (Å²) in [7, 11) is 0. The van der Waals surface area contributed by atoms with Crippen molar-refractivity contribution in [3.63, 3.8) is 0 Å². The summed E-state index contributed by atoms with van der Waals surface area (Å²) in [6.45, 7) is 1.69. The van der Waals surface area contributed by atoms with Crippen molar-refractivity contribution < 1.29 is 18.8 Å². The topological polar surface area (TPSA) is 88.5 Å². The number of rotatable bonds is 5. The highest BCUT2D eigenvalue weighted by Gasteiger charge is 2.56. The molecular formula is C29H21BrFN3O4S2. The highest BCUT2D eigenvalue weighted by molar-refractivity contribution is 9.10. The number of thiazole rings is 1. The molecule has 4 aromatic rings. The fourth-order valence-corrected chi connectivity index (χ4v) is 8.15. The number of anilines is 2. The Kier molecular flexibility index (Phi) is 6.97. The van der Waals surface area contributed by atoms with Crippen LogP contribution in [0.2, 0.25) is 0 Å². The molecule has 1 fully saturated rings. The van der Waals surface area contributed by atoms with Gasteiger partial charge >= 0.3 is 4.87 Å². The van der Waals surface area contributed by atoms with Crippen LogP contribution >= 0.6 is 39.0 Å². The van der Waals surface area contributed by atoms with Gasteiger partial charge in [0.2, 0.25) is 17.7 Å². The van der Waals surface area contributed by atoms with Crippen LogP contribution in [0.25, 0.3) is 0 Å². The molecule has 0 aliphatic carbocycles. The lowest BCUT2D eigenvalue weighted by molar-refractivity contribution is -0.122. The first-order valence-corrected chi connectivity index (χ1v) is 14.9. The predicted octanol–water partition coefficient (Wildman–Crippen LogP) is 5.55. The van der Waals surface area contributed by atoms with Gasteiger partial charge in [0, 0.05) is 21.0 Å². The Balaban J connectivity index is 1.40. The van der Waals surface area contributed by atoms with Gasteiger partial charge in [-0.15, -0.1) is 0 Å². The molecule has 2 aliphatic rings. The van der Waals surface area contributed by atoms with Crippen LogP contribution in [0.15, 0.2) is 87.1 Å². The molecule has 3 atom stereocenters. The summed E-state index contributed by atoms with van der Waals surface area (Å²) in [6.07, 6.45) is 0. The number of benzene rings is 3. The molecule has 1 N–H and O–H groups in total. The summed E-state index contributed by atoms with van der Waals surface area (Å²) in [4.78, 5) is 55.2. The Labute approximate surface area is 245 Å². The zero-order chi connectivity index (χ0) is 28.1. The summed E-state index contributed by atoms with van der Waals surface area (Å²) in [5, 5.41) is 2.46. The molecule has 11 heteroatoms. The van der Waals surface area contributed by atoms with Gasteiger partial charge in [-0.05, 0) is 61.0 Å². The van der Waals surface area contributed by atoms with Crippen LogP contribution in [-0.2, 0) is 20.9 Å². The Bertz CT molecular complexity index is 1700. The second kappa shape index (κ2) is 10.5. The van der Waals surface area contributed by atoms with E-state index in [1.807, 2.05) is 19.1 Å². The number of nitrogens with one attached hydrogen (secondary N) is 1. The van der Waals surface area contributed by atoms with Gasteiger partial charge in [0.05, 0.1) is 16.6 Å². The van der Waals surface area contributed by atoms with Crippen molar-refractivity contribution in [2.45, 2.75) is 29.7 Å². The molecule has 0 spiro atoms. The minimum Gasteiger partial charge on any atom is -0.325 e.